The van der Waals surface area contributed by atoms with Crippen molar-refractivity contribution in [2.45, 2.75) is 32.9 Å². The summed E-state index contributed by atoms with van der Waals surface area (Å²) >= 11 is 9.38. The minimum Gasteiger partial charge on any atom is -0.419 e. The van der Waals surface area contributed by atoms with Crippen LogP contribution in [0.3, 0.4) is 0 Å². The number of nitrogens with one attached hydrogen (secondary N) is 1. The summed E-state index contributed by atoms with van der Waals surface area (Å²) in [6.45, 7) is 6.79. The van der Waals surface area contributed by atoms with Gasteiger partial charge >= 0.3 is 0 Å². The molecular formula is C13H15BrClN3O. The Morgan fingerprint density at radius 3 is 2.63 bits per heavy atom. The number of benzene rings is 1. The summed E-state index contributed by atoms with van der Waals surface area (Å²) < 4.78 is 6.49. The molecule has 0 bridgehead atoms. The first-order chi connectivity index (χ1) is 8.83. The van der Waals surface area contributed by atoms with E-state index >= 15 is 0 Å². The summed E-state index contributed by atoms with van der Waals surface area (Å²) in [4.78, 5) is 0. The van der Waals surface area contributed by atoms with E-state index in [4.69, 9.17) is 16.0 Å². The summed E-state index contributed by atoms with van der Waals surface area (Å²) in [5.74, 6) is 1.02. The van der Waals surface area contributed by atoms with Crippen LogP contribution in [0.5, 0.6) is 0 Å². The Balaban J connectivity index is 2.16. The smallest absolute Gasteiger partial charge is 0.247 e. The van der Waals surface area contributed by atoms with Gasteiger partial charge in [-0.25, -0.2) is 0 Å². The van der Waals surface area contributed by atoms with Crippen LogP contribution in [0.4, 0.5) is 0 Å². The Morgan fingerprint density at radius 1 is 1.26 bits per heavy atom. The first-order valence-corrected chi connectivity index (χ1v) is 7.04. The van der Waals surface area contributed by atoms with Crippen molar-refractivity contribution in [3.8, 4) is 11.5 Å². The molecule has 19 heavy (non-hydrogen) atoms. The van der Waals surface area contributed by atoms with E-state index in [1.165, 1.54) is 0 Å². The van der Waals surface area contributed by atoms with Crippen molar-refractivity contribution in [1.29, 1.82) is 0 Å². The quantitative estimate of drug-likeness (QED) is 0.913. The van der Waals surface area contributed by atoms with Gasteiger partial charge in [0.25, 0.3) is 0 Å². The van der Waals surface area contributed by atoms with Crippen molar-refractivity contribution < 1.29 is 4.42 Å². The molecule has 0 fully saturated rings. The Bertz CT molecular complexity index is 557. The predicted molar refractivity (Wildman–Crippen MR) is 79.0 cm³/mol. The Morgan fingerprint density at radius 2 is 2.00 bits per heavy atom. The molecule has 0 atom stereocenters. The molecule has 102 valence electrons. The summed E-state index contributed by atoms with van der Waals surface area (Å²) in [7, 11) is 0. The van der Waals surface area contributed by atoms with Crippen LogP contribution in [-0.2, 0) is 6.54 Å². The fourth-order valence-electron chi connectivity index (χ4n) is 1.46. The third-order valence-corrected chi connectivity index (χ3v) is 3.02. The molecule has 0 unspecified atom stereocenters. The van der Waals surface area contributed by atoms with E-state index in [1.807, 2.05) is 12.1 Å². The Labute approximate surface area is 125 Å². The van der Waals surface area contributed by atoms with Gasteiger partial charge < -0.3 is 9.73 Å². The maximum atomic E-state index is 6.00. The van der Waals surface area contributed by atoms with Crippen molar-refractivity contribution in [3.63, 3.8) is 0 Å². The molecule has 1 aromatic heterocycles. The maximum Gasteiger partial charge on any atom is 0.247 e. The standard InChI is InChI=1S/C13H15BrClN3O/c1-13(2,3)16-7-11-17-18-12(19-11)8-4-9(14)6-10(15)5-8/h4-6,16H,7H2,1-3H3. The van der Waals surface area contributed by atoms with Gasteiger partial charge in [-0.3, -0.25) is 0 Å². The molecule has 0 aliphatic carbocycles. The Hall–Kier alpha value is -0.910. The molecule has 1 N–H and O–H groups in total. The number of hydrogen-bond donors (Lipinski definition) is 1. The lowest BCUT2D eigenvalue weighted by Gasteiger charge is -2.18. The highest BCUT2D eigenvalue weighted by atomic mass is 79.9. The van der Waals surface area contributed by atoms with Crippen molar-refractivity contribution in [2.24, 2.45) is 0 Å². The number of aromatic nitrogens is 2. The summed E-state index contributed by atoms with van der Waals surface area (Å²) in [5, 5.41) is 12.0. The Kier molecular flexibility index (Phi) is 4.28. The molecule has 1 heterocycles. The van der Waals surface area contributed by atoms with Gasteiger partial charge in [0, 0.05) is 20.6 Å². The molecule has 0 radical (unpaired) electrons. The third kappa shape index (κ3) is 4.30. The first-order valence-electron chi connectivity index (χ1n) is 5.87. The van der Waals surface area contributed by atoms with Crippen LogP contribution in [0.2, 0.25) is 5.02 Å². The van der Waals surface area contributed by atoms with Gasteiger partial charge in [-0.1, -0.05) is 27.5 Å². The van der Waals surface area contributed by atoms with E-state index in [2.05, 4.69) is 52.2 Å². The van der Waals surface area contributed by atoms with Crippen LogP contribution in [-0.4, -0.2) is 15.7 Å². The van der Waals surface area contributed by atoms with Crippen molar-refractivity contribution in [3.05, 3.63) is 33.6 Å². The highest BCUT2D eigenvalue weighted by Gasteiger charge is 2.13. The van der Waals surface area contributed by atoms with Gasteiger partial charge in [0.05, 0.1) is 6.54 Å². The molecule has 6 heteroatoms. The average Bonchev–Trinajstić information content (AvgIpc) is 2.72. The third-order valence-electron chi connectivity index (χ3n) is 2.35. The molecule has 2 rings (SSSR count). The maximum absolute atomic E-state index is 6.00. The van der Waals surface area contributed by atoms with Crippen LogP contribution in [0.25, 0.3) is 11.5 Å². The highest BCUT2D eigenvalue weighted by molar-refractivity contribution is 9.10. The van der Waals surface area contributed by atoms with Crippen molar-refractivity contribution in [1.82, 2.24) is 15.5 Å². The van der Waals surface area contributed by atoms with Gasteiger partial charge in [-0.15, -0.1) is 10.2 Å². The molecule has 0 aliphatic heterocycles. The number of halogens is 2. The van der Waals surface area contributed by atoms with Crippen LogP contribution in [0.1, 0.15) is 26.7 Å². The molecule has 0 saturated heterocycles. The monoisotopic (exact) mass is 343 g/mol. The van der Waals surface area contributed by atoms with Gasteiger partial charge in [-0.05, 0) is 39.0 Å². The second kappa shape index (κ2) is 5.61. The minimum atomic E-state index is 0.00766. The van der Waals surface area contributed by atoms with Crippen molar-refractivity contribution in [2.75, 3.05) is 0 Å². The largest absolute Gasteiger partial charge is 0.419 e. The topological polar surface area (TPSA) is 51.0 Å². The lowest BCUT2D eigenvalue weighted by Crippen LogP contribution is -2.35. The first kappa shape index (κ1) is 14.5. The number of nitrogens with zero attached hydrogens (tertiary/aromatic N) is 2. The molecule has 2 aromatic rings. The number of rotatable bonds is 3. The minimum absolute atomic E-state index is 0.00766. The van der Waals surface area contributed by atoms with E-state index in [-0.39, 0.29) is 5.54 Å². The van der Waals surface area contributed by atoms with Gasteiger partial charge in [0.1, 0.15) is 0 Å². The van der Waals surface area contributed by atoms with E-state index in [9.17, 15) is 0 Å². The molecular weight excluding hydrogens is 330 g/mol. The lowest BCUT2D eigenvalue weighted by molar-refractivity contribution is 0.383. The zero-order valence-electron chi connectivity index (χ0n) is 11.0. The van der Waals surface area contributed by atoms with Gasteiger partial charge in [0.15, 0.2) is 0 Å². The second-order valence-corrected chi connectivity index (χ2v) is 6.61. The molecule has 0 amide bonds. The lowest BCUT2D eigenvalue weighted by atomic mass is 10.1. The van der Waals surface area contributed by atoms with Gasteiger partial charge in [-0.2, -0.15) is 0 Å². The second-order valence-electron chi connectivity index (χ2n) is 5.26. The van der Waals surface area contributed by atoms with E-state index in [0.29, 0.717) is 23.3 Å². The summed E-state index contributed by atoms with van der Waals surface area (Å²) in [5.41, 5.74) is 0.808. The average molecular weight is 345 g/mol. The normalized spacial score (nSPS) is 11.8. The van der Waals surface area contributed by atoms with Crippen LogP contribution >= 0.6 is 27.5 Å². The highest BCUT2D eigenvalue weighted by Crippen LogP contribution is 2.26. The van der Waals surface area contributed by atoms with E-state index in [1.54, 1.807) is 6.07 Å². The van der Waals surface area contributed by atoms with Crippen LogP contribution in [0, 0.1) is 0 Å². The van der Waals surface area contributed by atoms with Gasteiger partial charge in [0.2, 0.25) is 11.8 Å². The van der Waals surface area contributed by atoms with E-state index in [0.717, 1.165) is 10.0 Å². The molecule has 0 saturated carbocycles. The zero-order valence-corrected chi connectivity index (χ0v) is 13.3. The zero-order chi connectivity index (χ0) is 14.0. The number of hydrogen-bond acceptors (Lipinski definition) is 4. The van der Waals surface area contributed by atoms with Crippen LogP contribution < -0.4 is 5.32 Å². The van der Waals surface area contributed by atoms with E-state index < -0.39 is 0 Å². The fraction of sp³-hybridized carbons (Fsp3) is 0.385. The molecule has 0 aliphatic rings. The fourth-order valence-corrected chi connectivity index (χ4v) is 2.32. The SMILES string of the molecule is CC(C)(C)NCc1nnc(-c2cc(Cl)cc(Br)c2)o1. The molecule has 1 aromatic carbocycles. The van der Waals surface area contributed by atoms with Crippen LogP contribution in [0.15, 0.2) is 27.1 Å². The molecule has 0 spiro atoms. The predicted octanol–water partition coefficient (Wildman–Crippen LogP) is 4.04. The molecule has 4 nitrogen and oxygen atoms in total. The summed E-state index contributed by atoms with van der Waals surface area (Å²) in [6, 6.07) is 5.49. The summed E-state index contributed by atoms with van der Waals surface area (Å²) in [6.07, 6.45) is 0. The van der Waals surface area contributed by atoms with Crippen molar-refractivity contribution >= 4 is 27.5 Å².